The van der Waals surface area contributed by atoms with Crippen LogP contribution in [0.1, 0.15) is 43.0 Å². The van der Waals surface area contributed by atoms with Crippen LogP contribution in [0.2, 0.25) is 0 Å². The van der Waals surface area contributed by atoms with Gasteiger partial charge < -0.3 is 4.74 Å². The van der Waals surface area contributed by atoms with E-state index in [1.54, 1.807) is 5.56 Å². The zero-order chi connectivity index (χ0) is 17.4. The average Bonchev–Trinajstić information content (AvgIpc) is 2.62. The maximum absolute atomic E-state index is 6.11. The molecule has 1 aliphatic heterocycles. The first-order valence-electron chi connectivity index (χ1n) is 9.44. The van der Waals surface area contributed by atoms with Gasteiger partial charge in [0, 0.05) is 18.2 Å². The molecule has 2 nitrogen and oxygen atoms in total. The Morgan fingerprint density at radius 2 is 2.00 bits per heavy atom. The molecular formula is C23H27NO. The van der Waals surface area contributed by atoms with Gasteiger partial charge in [-0.15, -0.1) is 0 Å². The third-order valence-electron chi connectivity index (χ3n) is 5.42. The van der Waals surface area contributed by atoms with Gasteiger partial charge in [-0.1, -0.05) is 43.8 Å². The lowest BCUT2D eigenvalue weighted by molar-refractivity contribution is 0.183. The molecular weight excluding hydrogens is 306 g/mol. The summed E-state index contributed by atoms with van der Waals surface area (Å²) in [5.41, 5.74) is 8.21. The smallest absolute Gasteiger partial charge is 0.127 e. The van der Waals surface area contributed by atoms with Crippen LogP contribution in [0.15, 0.2) is 48.6 Å². The average molecular weight is 333 g/mol. The summed E-state index contributed by atoms with van der Waals surface area (Å²) < 4.78 is 6.11. The minimum Gasteiger partial charge on any atom is -0.489 e. The summed E-state index contributed by atoms with van der Waals surface area (Å²) in [6, 6.07) is 13.8. The zero-order valence-electron chi connectivity index (χ0n) is 15.3. The Labute approximate surface area is 151 Å². The van der Waals surface area contributed by atoms with Crippen LogP contribution in [0, 0.1) is 0 Å². The van der Waals surface area contributed by atoms with Crippen molar-refractivity contribution in [1.82, 2.24) is 4.90 Å². The predicted molar refractivity (Wildman–Crippen MR) is 104 cm³/mol. The Morgan fingerprint density at radius 1 is 1.20 bits per heavy atom. The summed E-state index contributed by atoms with van der Waals surface area (Å²) in [6.45, 7) is 11.2. The molecule has 4 rings (SSSR count). The summed E-state index contributed by atoms with van der Waals surface area (Å²) in [5.74, 6) is 1.000. The van der Waals surface area contributed by atoms with Crippen molar-refractivity contribution < 1.29 is 4.74 Å². The van der Waals surface area contributed by atoms with Gasteiger partial charge in [0.2, 0.25) is 0 Å². The summed E-state index contributed by atoms with van der Waals surface area (Å²) in [6.07, 6.45) is 3.45. The van der Waals surface area contributed by atoms with E-state index >= 15 is 0 Å². The fraction of sp³-hybridized carbons (Fsp3) is 0.391. The summed E-state index contributed by atoms with van der Waals surface area (Å²) >= 11 is 0. The molecule has 2 aromatic rings. The second-order valence-corrected chi connectivity index (χ2v) is 7.42. The van der Waals surface area contributed by atoms with Gasteiger partial charge in [0.1, 0.15) is 12.4 Å². The largest absolute Gasteiger partial charge is 0.489 e. The Morgan fingerprint density at radius 3 is 2.80 bits per heavy atom. The molecule has 0 N–H and O–H groups in total. The van der Waals surface area contributed by atoms with Crippen molar-refractivity contribution in [2.24, 2.45) is 0 Å². The van der Waals surface area contributed by atoms with Crippen molar-refractivity contribution >= 4 is 0 Å². The van der Waals surface area contributed by atoms with Crippen LogP contribution in [-0.4, -0.2) is 24.6 Å². The molecule has 0 bridgehead atoms. The normalized spacial score (nSPS) is 18.4. The minimum atomic E-state index is 0.517. The SMILES string of the molecule is C=C(C)COc1cccc2c1-c1cccc3c1[C@@H](C2)N(CCC)CC3. The molecule has 0 radical (unpaired) electrons. The monoisotopic (exact) mass is 333 g/mol. The summed E-state index contributed by atoms with van der Waals surface area (Å²) in [4.78, 5) is 2.68. The first-order valence-corrected chi connectivity index (χ1v) is 9.44. The molecule has 0 spiro atoms. The number of fused-ring (bicyclic) bond motifs is 2. The van der Waals surface area contributed by atoms with Gasteiger partial charge in [0.15, 0.2) is 0 Å². The maximum atomic E-state index is 6.11. The van der Waals surface area contributed by atoms with Crippen molar-refractivity contribution in [1.29, 1.82) is 0 Å². The maximum Gasteiger partial charge on any atom is 0.127 e. The first-order chi connectivity index (χ1) is 12.2. The predicted octanol–water partition coefficient (Wildman–Crippen LogP) is 5.17. The minimum absolute atomic E-state index is 0.517. The molecule has 2 aliphatic rings. The van der Waals surface area contributed by atoms with E-state index in [0.29, 0.717) is 12.6 Å². The lowest BCUT2D eigenvalue weighted by Gasteiger charge is -2.42. The number of hydrogen-bond donors (Lipinski definition) is 0. The van der Waals surface area contributed by atoms with Gasteiger partial charge in [-0.25, -0.2) is 0 Å². The summed E-state index contributed by atoms with van der Waals surface area (Å²) in [5, 5.41) is 0. The fourth-order valence-corrected chi connectivity index (χ4v) is 4.41. The zero-order valence-corrected chi connectivity index (χ0v) is 15.3. The van der Waals surface area contributed by atoms with E-state index in [-0.39, 0.29) is 0 Å². The Balaban J connectivity index is 1.83. The van der Waals surface area contributed by atoms with Crippen molar-refractivity contribution in [3.8, 4) is 16.9 Å². The van der Waals surface area contributed by atoms with E-state index in [4.69, 9.17) is 4.74 Å². The summed E-state index contributed by atoms with van der Waals surface area (Å²) in [7, 11) is 0. The van der Waals surface area contributed by atoms with Crippen molar-refractivity contribution in [3.05, 3.63) is 65.2 Å². The van der Waals surface area contributed by atoms with E-state index < -0.39 is 0 Å². The highest BCUT2D eigenvalue weighted by atomic mass is 16.5. The molecule has 1 atom stereocenters. The molecule has 0 saturated heterocycles. The van der Waals surface area contributed by atoms with Crippen LogP contribution in [0.25, 0.3) is 11.1 Å². The quantitative estimate of drug-likeness (QED) is 0.700. The lowest BCUT2D eigenvalue weighted by Crippen LogP contribution is -2.38. The van der Waals surface area contributed by atoms with Crippen LogP contribution in [0.5, 0.6) is 5.75 Å². The van der Waals surface area contributed by atoms with Crippen LogP contribution in [0.3, 0.4) is 0 Å². The first kappa shape index (κ1) is 16.4. The molecule has 1 heterocycles. The molecule has 0 aromatic heterocycles. The number of nitrogens with zero attached hydrogens (tertiary/aromatic N) is 1. The molecule has 0 fully saturated rings. The van der Waals surface area contributed by atoms with Gasteiger partial charge in [-0.3, -0.25) is 4.90 Å². The number of ether oxygens (including phenoxy) is 1. The third kappa shape index (κ3) is 2.89. The molecule has 0 unspecified atom stereocenters. The highest BCUT2D eigenvalue weighted by Crippen LogP contribution is 2.48. The van der Waals surface area contributed by atoms with Crippen LogP contribution >= 0.6 is 0 Å². The molecule has 1 aliphatic carbocycles. The second kappa shape index (κ2) is 6.68. The van der Waals surface area contributed by atoms with Crippen LogP contribution in [0.4, 0.5) is 0 Å². The van der Waals surface area contributed by atoms with Gasteiger partial charge in [0.05, 0.1) is 0 Å². The molecule has 2 aromatic carbocycles. The van der Waals surface area contributed by atoms with Gasteiger partial charge in [-0.05, 0) is 66.6 Å². The molecule has 0 amide bonds. The Kier molecular flexibility index (Phi) is 4.39. The highest BCUT2D eigenvalue weighted by molar-refractivity contribution is 5.80. The van der Waals surface area contributed by atoms with Crippen LogP contribution < -0.4 is 4.74 Å². The van der Waals surface area contributed by atoms with Gasteiger partial charge >= 0.3 is 0 Å². The third-order valence-corrected chi connectivity index (χ3v) is 5.42. The second-order valence-electron chi connectivity index (χ2n) is 7.42. The number of benzene rings is 2. The van der Waals surface area contributed by atoms with Gasteiger partial charge in [0.25, 0.3) is 0 Å². The lowest BCUT2D eigenvalue weighted by atomic mass is 9.77. The Bertz CT molecular complexity index is 808. The van der Waals surface area contributed by atoms with E-state index in [9.17, 15) is 0 Å². The van der Waals surface area contributed by atoms with Crippen LogP contribution in [-0.2, 0) is 12.8 Å². The molecule has 0 saturated carbocycles. The van der Waals surface area contributed by atoms with Gasteiger partial charge in [-0.2, -0.15) is 0 Å². The van der Waals surface area contributed by atoms with Crippen molar-refractivity contribution in [2.45, 2.75) is 39.2 Å². The van der Waals surface area contributed by atoms with Crippen molar-refractivity contribution in [2.75, 3.05) is 19.7 Å². The number of hydrogen-bond acceptors (Lipinski definition) is 2. The molecule has 2 heteroatoms. The molecule has 25 heavy (non-hydrogen) atoms. The van der Waals surface area contributed by atoms with E-state index in [1.807, 2.05) is 6.92 Å². The Hall–Kier alpha value is -2.06. The molecule has 130 valence electrons. The standard InChI is InChI=1S/C23H27NO/c1-4-12-24-13-11-17-7-5-9-19-22(17)20(24)14-18-8-6-10-21(23(18)19)25-15-16(2)3/h5-10,20H,2,4,11-15H2,1,3H3/t20-/m1/s1. The van der Waals surface area contributed by atoms with E-state index in [0.717, 1.165) is 24.2 Å². The fourth-order valence-electron chi connectivity index (χ4n) is 4.41. The highest BCUT2D eigenvalue weighted by Gasteiger charge is 2.34. The topological polar surface area (TPSA) is 12.5 Å². The number of rotatable bonds is 5. The van der Waals surface area contributed by atoms with E-state index in [1.165, 1.54) is 41.8 Å². The van der Waals surface area contributed by atoms with Crippen molar-refractivity contribution in [3.63, 3.8) is 0 Å². The van der Waals surface area contributed by atoms with E-state index in [2.05, 4.69) is 54.8 Å².